The molecule has 2 amide bonds. The molecule has 0 aliphatic heterocycles. The third-order valence-corrected chi connectivity index (χ3v) is 9.67. The van der Waals surface area contributed by atoms with E-state index in [-0.39, 0.29) is 31.1 Å². The minimum Gasteiger partial charge on any atom is -0.368 e. The monoisotopic (exact) mass is 652 g/mol. The minimum atomic E-state index is -0.0271. The zero-order valence-corrected chi connectivity index (χ0v) is 29.0. The first-order valence-electron chi connectivity index (χ1n) is 17.6. The minimum absolute atomic E-state index is 0.0117. The average molecular weight is 653 g/mol. The maximum atomic E-state index is 12.8. The quantitative estimate of drug-likeness (QED) is 0.140. The molecule has 2 N–H and O–H groups in total. The molecule has 9 heteroatoms. The molecular formula is C39H52N6O3. The van der Waals surface area contributed by atoms with E-state index in [4.69, 9.17) is 4.74 Å². The van der Waals surface area contributed by atoms with Gasteiger partial charge in [-0.25, -0.2) is 0 Å². The topological polar surface area (TPSA) is 101 Å². The largest absolute Gasteiger partial charge is 0.368 e. The Hall–Kier alpha value is -4.08. The van der Waals surface area contributed by atoms with Crippen molar-refractivity contribution in [2.24, 2.45) is 17.8 Å². The Bertz CT molecular complexity index is 1610. The zero-order chi connectivity index (χ0) is 33.9. The molecular weight excluding hydrogens is 600 g/mol. The first-order valence-corrected chi connectivity index (χ1v) is 17.6. The van der Waals surface area contributed by atoms with Gasteiger partial charge in [0.2, 0.25) is 11.8 Å². The molecule has 3 atom stereocenters. The Kier molecular flexibility index (Phi) is 12.7. The molecule has 1 saturated carbocycles. The van der Waals surface area contributed by atoms with Crippen LogP contribution in [0.1, 0.15) is 52.9 Å². The molecule has 0 spiro atoms. The molecule has 1 fully saturated rings. The van der Waals surface area contributed by atoms with Gasteiger partial charge in [0.25, 0.3) is 0 Å². The number of aromatic nitrogens is 3. The van der Waals surface area contributed by atoms with Gasteiger partial charge in [0.15, 0.2) is 0 Å². The summed E-state index contributed by atoms with van der Waals surface area (Å²) in [6.07, 6.45) is 13.0. The van der Waals surface area contributed by atoms with Gasteiger partial charge in [-0.3, -0.25) is 19.3 Å². The predicted octanol–water partition coefficient (Wildman–Crippen LogP) is 6.19. The molecule has 2 aromatic carbocycles. The number of unbranched alkanes of at least 4 members (excludes halogenated alkanes) is 1. The highest BCUT2D eigenvalue weighted by Gasteiger charge is 2.31. The fourth-order valence-electron chi connectivity index (χ4n) is 6.69. The SMILES string of the molecule is CC(C)[C@@H]1CC[C@@H](C)C[C@H]1OCC(=O)NCCCCNCCN(C)C(=O)Cn1cc(-c2ccc(-c3cncc4ccccc34)cc2)cn1. The summed E-state index contributed by atoms with van der Waals surface area (Å²) in [5.41, 5.74) is 4.23. The second kappa shape index (κ2) is 17.4. The van der Waals surface area contributed by atoms with Gasteiger partial charge in [-0.05, 0) is 66.5 Å². The number of hydrogen-bond acceptors (Lipinski definition) is 6. The van der Waals surface area contributed by atoms with Crippen LogP contribution in [0.3, 0.4) is 0 Å². The maximum Gasteiger partial charge on any atom is 0.246 e. The number of ether oxygens (including phenoxy) is 1. The van der Waals surface area contributed by atoms with Crippen LogP contribution in [0.2, 0.25) is 0 Å². The van der Waals surface area contributed by atoms with Crippen LogP contribution in [0.4, 0.5) is 0 Å². The number of carbonyl (C=O) groups is 2. The van der Waals surface area contributed by atoms with Crippen LogP contribution in [0.5, 0.6) is 0 Å². The second-order valence-electron chi connectivity index (χ2n) is 13.7. The Morgan fingerprint density at radius 3 is 2.54 bits per heavy atom. The van der Waals surface area contributed by atoms with Gasteiger partial charge in [-0.15, -0.1) is 0 Å². The first kappa shape index (κ1) is 35.2. The average Bonchev–Trinajstić information content (AvgIpc) is 3.56. The molecule has 0 bridgehead atoms. The third kappa shape index (κ3) is 9.73. The van der Waals surface area contributed by atoms with Crippen molar-refractivity contribution in [1.29, 1.82) is 0 Å². The van der Waals surface area contributed by atoms with E-state index in [1.807, 2.05) is 37.8 Å². The van der Waals surface area contributed by atoms with Crippen LogP contribution in [-0.4, -0.2) is 77.4 Å². The molecule has 256 valence electrons. The number of benzene rings is 2. The fraction of sp³-hybridized carbons (Fsp3) is 0.487. The number of carbonyl (C=O) groups excluding carboxylic acids is 2. The summed E-state index contributed by atoms with van der Waals surface area (Å²) in [5, 5.41) is 13.1. The normalized spacial score (nSPS) is 17.9. The summed E-state index contributed by atoms with van der Waals surface area (Å²) >= 11 is 0. The van der Waals surface area contributed by atoms with Crippen LogP contribution >= 0.6 is 0 Å². The molecule has 9 nitrogen and oxygen atoms in total. The van der Waals surface area contributed by atoms with E-state index < -0.39 is 0 Å². The molecule has 2 heterocycles. The Morgan fingerprint density at radius 2 is 1.73 bits per heavy atom. The second-order valence-corrected chi connectivity index (χ2v) is 13.7. The van der Waals surface area contributed by atoms with Gasteiger partial charge < -0.3 is 20.3 Å². The number of nitrogens with one attached hydrogen (secondary N) is 2. The lowest BCUT2D eigenvalue weighted by Gasteiger charge is -2.37. The highest BCUT2D eigenvalue weighted by atomic mass is 16.5. The first-order chi connectivity index (χ1) is 23.3. The Balaban J connectivity index is 0.951. The highest BCUT2D eigenvalue weighted by Crippen LogP contribution is 2.35. The van der Waals surface area contributed by atoms with Gasteiger partial charge >= 0.3 is 0 Å². The zero-order valence-electron chi connectivity index (χ0n) is 29.0. The number of amides is 2. The van der Waals surface area contributed by atoms with Gasteiger partial charge in [-0.2, -0.15) is 5.10 Å². The van der Waals surface area contributed by atoms with Crippen LogP contribution in [0.25, 0.3) is 33.0 Å². The molecule has 48 heavy (non-hydrogen) atoms. The van der Waals surface area contributed by atoms with Gasteiger partial charge in [-0.1, -0.05) is 75.7 Å². The number of rotatable bonds is 16. The molecule has 0 saturated heterocycles. The van der Waals surface area contributed by atoms with E-state index in [1.165, 1.54) is 18.2 Å². The molecule has 0 radical (unpaired) electrons. The Morgan fingerprint density at radius 1 is 0.958 bits per heavy atom. The van der Waals surface area contributed by atoms with Crippen molar-refractivity contribution in [2.75, 3.05) is 39.8 Å². The lowest BCUT2D eigenvalue weighted by atomic mass is 9.75. The lowest BCUT2D eigenvalue weighted by molar-refractivity contribution is -0.131. The van der Waals surface area contributed by atoms with Crippen molar-refractivity contribution in [3.05, 3.63) is 73.3 Å². The standard InChI is InChI=1S/C39H52N6O3/c1-28(2)34-16-11-29(3)21-37(34)48-27-38(46)42-18-8-7-17-40-19-20-44(4)39(47)26-45-25-33(23-43-45)30-12-14-31(15-13-30)36-24-41-22-32-9-5-6-10-35(32)36/h5-6,9-10,12-15,22-25,28-29,34,37,40H,7-8,11,16-21,26-27H2,1-4H3,(H,42,46)/t29-,34+,37-/m1/s1. The van der Waals surface area contributed by atoms with Gasteiger partial charge in [0, 0.05) is 61.8 Å². The third-order valence-electron chi connectivity index (χ3n) is 9.67. The summed E-state index contributed by atoms with van der Waals surface area (Å²) in [7, 11) is 1.82. The van der Waals surface area contributed by atoms with Crippen molar-refractivity contribution in [3.8, 4) is 22.3 Å². The molecule has 5 rings (SSSR count). The summed E-state index contributed by atoms with van der Waals surface area (Å²) in [6.45, 7) is 9.94. The summed E-state index contributed by atoms with van der Waals surface area (Å²) < 4.78 is 7.76. The molecule has 0 unspecified atom stereocenters. The molecule has 1 aliphatic carbocycles. The van der Waals surface area contributed by atoms with Crippen LogP contribution in [0.15, 0.2) is 73.3 Å². The van der Waals surface area contributed by atoms with Crippen LogP contribution in [0, 0.1) is 17.8 Å². The number of pyridine rings is 1. The number of hydrogen-bond donors (Lipinski definition) is 2. The van der Waals surface area contributed by atoms with Crippen molar-refractivity contribution in [1.82, 2.24) is 30.3 Å². The van der Waals surface area contributed by atoms with Crippen molar-refractivity contribution in [3.63, 3.8) is 0 Å². The lowest BCUT2D eigenvalue weighted by Crippen LogP contribution is -2.38. The van der Waals surface area contributed by atoms with Crippen LogP contribution in [-0.2, 0) is 20.9 Å². The van der Waals surface area contributed by atoms with E-state index in [9.17, 15) is 9.59 Å². The smallest absolute Gasteiger partial charge is 0.246 e. The molecule has 4 aromatic rings. The van der Waals surface area contributed by atoms with Crippen molar-refractivity contribution >= 4 is 22.6 Å². The highest BCUT2D eigenvalue weighted by molar-refractivity contribution is 5.95. The van der Waals surface area contributed by atoms with E-state index in [0.29, 0.717) is 37.4 Å². The molecule has 1 aliphatic rings. The number of nitrogens with zero attached hydrogens (tertiary/aromatic N) is 4. The Labute approximate surface area is 285 Å². The summed E-state index contributed by atoms with van der Waals surface area (Å²) in [4.78, 5) is 31.3. The van der Waals surface area contributed by atoms with Gasteiger partial charge in [0.05, 0.1) is 12.3 Å². The van der Waals surface area contributed by atoms with Crippen LogP contribution < -0.4 is 10.6 Å². The molecule has 2 aromatic heterocycles. The van der Waals surface area contributed by atoms with E-state index in [0.717, 1.165) is 53.4 Å². The fourth-order valence-corrected chi connectivity index (χ4v) is 6.69. The summed E-state index contributed by atoms with van der Waals surface area (Å²) in [5.74, 6) is 1.77. The predicted molar refractivity (Wildman–Crippen MR) is 192 cm³/mol. The number of fused-ring (bicyclic) bond motifs is 1. The van der Waals surface area contributed by atoms with Crippen molar-refractivity contribution in [2.45, 2.75) is 65.5 Å². The van der Waals surface area contributed by atoms with Crippen molar-refractivity contribution < 1.29 is 14.3 Å². The maximum absolute atomic E-state index is 12.8. The van der Waals surface area contributed by atoms with E-state index in [1.54, 1.807) is 15.8 Å². The van der Waals surface area contributed by atoms with E-state index in [2.05, 4.69) is 77.9 Å². The number of likely N-dealkylation sites (N-methyl/N-ethyl adjacent to an activating group) is 1. The summed E-state index contributed by atoms with van der Waals surface area (Å²) in [6, 6.07) is 16.6. The van der Waals surface area contributed by atoms with E-state index >= 15 is 0 Å². The van der Waals surface area contributed by atoms with Gasteiger partial charge in [0.1, 0.15) is 13.2 Å².